The van der Waals surface area contributed by atoms with Crippen molar-refractivity contribution in [3.63, 3.8) is 0 Å². The number of benzene rings is 2. The van der Waals surface area contributed by atoms with Crippen LogP contribution in [0.25, 0.3) is 0 Å². The van der Waals surface area contributed by atoms with Gasteiger partial charge in [0.25, 0.3) is 0 Å². The first-order valence-electron chi connectivity index (χ1n) is 7.67. The average Bonchev–Trinajstić information content (AvgIpc) is 2.93. The summed E-state index contributed by atoms with van der Waals surface area (Å²) in [7, 11) is 0. The molecule has 2 aromatic rings. The summed E-state index contributed by atoms with van der Waals surface area (Å²) in [6.07, 6.45) is 0.948. The maximum atomic E-state index is 5.86. The first-order valence-corrected chi connectivity index (χ1v) is 7.67. The minimum Gasteiger partial charge on any atom is -0.476 e. The molecule has 0 saturated heterocycles. The molecule has 1 aliphatic rings. The van der Waals surface area contributed by atoms with E-state index >= 15 is 0 Å². The second kappa shape index (κ2) is 6.14. The smallest absolute Gasteiger partial charge is 0.238 e. The normalized spacial score (nSPS) is 20.5. The highest BCUT2D eigenvalue weighted by molar-refractivity contribution is 6.46. The van der Waals surface area contributed by atoms with Gasteiger partial charge in [-0.1, -0.05) is 67.6 Å². The first kappa shape index (κ1) is 14.5. The molecule has 112 valence electrons. The molecule has 1 unspecified atom stereocenters. The lowest BCUT2D eigenvalue weighted by Crippen LogP contribution is -2.16. The van der Waals surface area contributed by atoms with Crippen LogP contribution in [-0.2, 0) is 10.4 Å². The van der Waals surface area contributed by atoms with E-state index in [9.17, 15) is 0 Å². The topological polar surface area (TPSA) is 34.0 Å². The van der Waals surface area contributed by atoms with Crippen molar-refractivity contribution in [3.8, 4) is 0 Å². The van der Waals surface area contributed by atoms with Crippen LogP contribution in [0.3, 0.4) is 0 Å². The number of rotatable bonds is 4. The van der Waals surface area contributed by atoms with Crippen LogP contribution in [0.1, 0.15) is 31.4 Å². The van der Waals surface area contributed by atoms with Crippen LogP contribution >= 0.6 is 0 Å². The van der Waals surface area contributed by atoms with Crippen molar-refractivity contribution in [2.45, 2.75) is 25.9 Å². The Hall–Kier alpha value is -2.42. The summed E-state index contributed by atoms with van der Waals surface area (Å²) in [6, 6.07) is 20.2. The second-order valence-corrected chi connectivity index (χ2v) is 5.48. The first-order chi connectivity index (χ1) is 10.7. The monoisotopic (exact) mass is 292 g/mol. The molecular formula is C19H20N2O. The number of ether oxygens (including phenoxy) is 1. The summed E-state index contributed by atoms with van der Waals surface area (Å²) in [4.78, 5) is 9.66. The molecule has 1 heterocycles. The van der Waals surface area contributed by atoms with Crippen molar-refractivity contribution >= 4 is 11.6 Å². The average molecular weight is 292 g/mol. The van der Waals surface area contributed by atoms with E-state index in [4.69, 9.17) is 14.7 Å². The van der Waals surface area contributed by atoms with Gasteiger partial charge in [0.1, 0.15) is 5.71 Å². The molecule has 3 heteroatoms. The van der Waals surface area contributed by atoms with E-state index in [1.807, 2.05) is 55.5 Å². The van der Waals surface area contributed by atoms with Gasteiger partial charge in [0.05, 0.1) is 6.61 Å². The van der Waals surface area contributed by atoms with E-state index in [1.54, 1.807) is 0 Å². The van der Waals surface area contributed by atoms with E-state index in [0.717, 1.165) is 23.3 Å². The fraction of sp³-hybridized carbons (Fsp3) is 0.263. The quantitative estimate of drug-likeness (QED) is 0.832. The molecule has 0 aromatic heterocycles. The minimum atomic E-state index is -0.616. The lowest BCUT2D eigenvalue weighted by Gasteiger charge is -2.17. The lowest BCUT2D eigenvalue weighted by molar-refractivity contribution is 0.307. The Morgan fingerprint density at radius 3 is 2.18 bits per heavy atom. The molecular weight excluding hydrogens is 272 g/mol. The zero-order valence-electron chi connectivity index (χ0n) is 13.0. The van der Waals surface area contributed by atoms with Crippen molar-refractivity contribution in [3.05, 3.63) is 71.8 Å². The second-order valence-electron chi connectivity index (χ2n) is 5.48. The molecule has 0 saturated carbocycles. The molecule has 3 nitrogen and oxygen atoms in total. The Morgan fingerprint density at radius 1 is 0.909 bits per heavy atom. The molecule has 0 aliphatic carbocycles. The Bertz CT molecular complexity index is 692. The van der Waals surface area contributed by atoms with Crippen LogP contribution in [0.4, 0.5) is 0 Å². The molecule has 0 amide bonds. The molecule has 0 N–H and O–H groups in total. The van der Waals surface area contributed by atoms with E-state index in [1.165, 1.54) is 0 Å². The van der Waals surface area contributed by atoms with E-state index in [0.29, 0.717) is 12.5 Å². The summed E-state index contributed by atoms with van der Waals surface area (Å²) in [5.41, 5.74) is 2.33. The molecule has 0 bridgehead atoms. The fourth-order valence-electron chi connectivity index (χ4n) is 2.51. The van der Waals surface area contributed by atoms with Gasteiger partial charge >= 0.3 is 0 Å². The summed E-state index contributed by atoms with van der Waals surface area (Å²) in [6.45, 7) is 4.76. The third kappa shape index (κ3) is 2.80. The van der Waals surface area contributed by atoms with Crippen molar-refractivity contribution in [2.75, 3.05) is 6.61 Å². The summed E-state index contributed by atoms with van der Waals surface area (Å²) < 4.78 is 5.86. The molecule has 3 rings (SSSR count). The maximum absolute atomic E-state index is 5.86. The summed E-state index contributed by atoms with van der Waals surface area (Å²) in [5.74, 6) is 0.638. The van der Waals surface area contributed by atoms with Gasteiger partial charge < -0.3 is 4.74 Å². The van der Waals surface area contributed by atoms with Crippen LogP contribution in [0.5, 0.6) is 0 Å². The van der Waals surface area contributed by atoms with Gasteiger partial charge in [0, 0.05) is 11.1 Å². The van der Waals surface area contributed by atoms with E-state index < -0.39 is 5.66 Å². The summed E-state index contributed by atoms with van der Waals surface area (Å²) in [5, 5.41) is 0. The highest BCUT2D eigenvalue weighted by Gasteiger charge is 2.34. The number of hydrogen-bond acceptors (Lipinski definition) is 3. The molecule has 1 atom stereocenters. The predicted molar refractivity (Wildman–Crippen MR) is 90.5 cm³/mol. The Morgan fingerprint density at radius 2 is 1.55 bits per heavy atom. The van der Waals surface area contributed by atoms with Gasteiger partial charge in [0.15, 0.2) is 5.66 Å². The molecule has 2 aromatic carbocycles. The third-order valence-electron chi connectivity index (χ3n) is 3.66. The van der Waals surface area contributed by atoms with Crippen molar-refractivity contribution in [1.82, 2.24) is 0 Å². The Labute approximate surface area is 131 Å². The van der Waals surface area contributed by atoms with Gasteiger partial charge in [-0.3, -0.25) is 0 Å². The SMILES string of the molecule is CCCOC1=NC(C)(c2ccccc2)N=C1c1ccccc1. The number of aliphatic imine (C=N–C) groups is 2. The standard InChI is InChI=1S/C19H20N2O/c1-3-14-22-18-17(15-10-6-4-7-11-15)20-19(2,21-18)16-12-8-5-9-13-16/h4-13H,3,14H2,1-2H3. The van der Waals surface area contributed by atoms with Crippen LogP contribution in [-0.4, -0.2) is 18.2 Å². The van der Waals surface area contributed by atoms with E-state index in [2.05, 4.69) is 19.1 Å². The van der Waals surface area contributed by atoms with Gasteiger partial charge in [-0.15, -0.1) is 0 Å². The van der Waals surface area contributed by atoms with Crippen molar-refractivity contribution < 1.29 is 4.74 Å². The van der Waals surface area contributed by atoms with Gasteiger partial charge in [-0.25, -0.2) is 9.98 Å². The van der Waals surface area contributed by atoms with Crippen molar-refractivity contribution in [2.24, 2.45) is 9.98 Å². The lowest BCUT2D eigenvalue weighted by atomic mass is 10.0. The van der Waals surface area contributed by atoms with Gasteiger partial charge in [-0.2, -0.15) is 0 Å². The number of nitrogens with zero attached hydrogens (tertiary/aromatic N) is 2. The van der Waals surface area contributed by atoms with Crippen LogP contribution in [0.15, 0.2) is 70.6 Å². The molecule has 0 fully saturated rings. The van der Waals surface area contributed by atoms with Crippen LogP contribution < -0.4 is 0 Å². The molecule has 0 radical (unpaired) electrons. The zero-order valence-corrected chi connectivity index (χ0v) is 13.0. The molecule has 1 aliphatic heterocycles. The highest BCUT2D eigenvalue weighted by atomic mass is 16.5. The van der Waals surface area contributed by atoms with Gasteiger partial charge in [-0.05, 0) is 13.3 Å². The fourth-order valence-corrected chi connectivity index (χ4v) is 2.51. The highest BCUT2D eigenvalue weighted by Crippen LogP contribution is 2.33. The minimum absolute atomic E-state index is 0.616. The number of hydrogen-bond donors (Lipinski definition) is 0. The van der Waals surface area contributed by atoms with Crippen LogP contribution in [0, 0.1) is 0 Å². The molecule has 22 heavy (non-hydrogen) atoms. The molecule has 0 spiro atoms. The zero-order chi connectivity index (χ0) is 15.4. The third-order valence-corrected chi connectivity index (χ3v) is 3.66. The summed E-state index contributed by atoms with van der Waals surface area (Å²) >= 11 is 0. The van der Waals surface area contributed by atoms with Gasteiger partial charge in [0.2, 0.25) is 5.90 Å². The Balaban J connectivity index is 2.03. The predicted octanol–water partition coefficient (Wildman–Crippen LogP) is 4.19. The largest absolute Gasteiger partial charge is 0.476 e. The Kier molecular flexibility index (Phi) is 4.05. The van der Waals surface area contributed by atoms with Crippen molar-refractivity contribution in [1.29, 1.82) is 0 Å². The van der Waals surface area contributed by atoms with E-state index in [-0.39, 0.29) is 0 Å². The van der Waals surface area contributed by atoms with Crippen LogP contribution in [0.2, 0.25) is 0 Å². The maximum Gasteiger partial charge on any atom is 0.238 e.